The SMILES string of the molecule is Nc1cc2nc(N)[nH]c(=O)c2[nH]1. The minimum absolute atomic E-state index is 0.0894. The van der Waals surface area contributed by atoms with Crippen LogP contribution in [-0.2, 0) is 0 Å². The molecule has 6 heteroatoms. The summed E-state index contributed by atoms with van der Waals surface area (Å²) in [6.45, 7) is 0. The summed E-state index contributed by atoms with van der Waals surface area (Å²) in [5, 5.41) is 0. The molecule has 0 radical (unpaired) electrons. The molecule has 0 fully saturated rings. The molecular weight excluding hydrogens is 158 g/mol. The van der Waals surface area contributed by atoms with Crippen LogP contribution in [0.1, 0.15) is 0 Å². The molecule has 0 aromatic carbocycles. The molecule has 0 atom stereocenters. The van der Waals surface area contributed by atoms with Gasteiger partial charge in [-0.1, -0.05) is 0 Å². The molecular formula is C6H7N5O. The van der Waals surface area contributed by atoms with E-state index in [1.807, 2.05) is 0 Å². The quantitative estimate of drug-likeness (QED) is 0.418. The zero-order valence-electron chi connectivity index (χ0n) is 6.09. The normalized spacial score (nSPS) is 10.7. The van der Waals surface area contributed by atoms with E-state index in [4.69, 9.17) is 11.5 Å². The van der Waals surface area contributed by atoms with Crippen molar-refractivity contribution in [3.05, 3.63) is 16.4 Å². The molecule has 12 heavy (non-hydrogen) atoms. The van der Waals surface area contributed by atoms with Crippen LogP contribution >= 0.6 is 0 Å². The Morgan fingerprint density at radius 1 is 1.33 bits per heavy atom. The Hall–Kier alpha value is -1.98. The van der Waals surface area contributed by atoms with Crippen molar-refractivity contribution in [1.82, 2.24) is 15.0 Å². The Labute approximate surface area is 66.6 Å². The first-order chi connectivity index (χ1) is 5.66. The number of fused-ring (bicyclic) bond motifs is 1. The number of nitrogens with zero attached hydrogens (tertiary/aromatic N) is 1. The maximum atomic E-state index is 11.2. The molecule has 0 unspecified atom stereocenters. The number of rotatable bonds is 0. The lowest BCUT2D eigenvalue weighted by molar-refractivity contribution is 1.18. The number of aromatic nitrogens is 3. The van der Waals surface area contributed by atoms with Gasteiger partial charge in [0.2, 0.25) is 5.95 Å². The van der Waals surface area contributed by atoms with Crippen LogP contribution in [0.2, 0.25) is 0 Å². The van der Waals surface area contributed by atoms with Crippen molar-refractivity contribution < 1.29 is 0 Å². The summed E-state index contributed by atoms with van der Waals surface area (Å²) >= 11 is 0. The van der Waals surface area contributed by atoms with Crippen LogP contribution in [0.15, 0.2) is 10.9 Å². The molecule has 0 bridgehead atoms. The van der Waals surface area contributed by atoms with E-state index in [0.717, 1.165) is 0 Å². The Morgan fingerprint density at radius 3 is 2.83 bits per heavy atom. The summed E-state index contributed by atoms with van der Waals surface area (Å²) in [7, 11) is 0. The first-order valence-corrected chi connectivity index (χ1v) is 3.31. The van der Waals surface area contributed by atoms with E-state index in [9.17, 15) is 4.79 Å². The van der Waals surface area contributed by atoms with Gasteiger partial charge in [-0.15, -0.1) is 0 Å². The predicted octanol–water partition coefficient (Wildman–Crippen LogP) is -0.584. The van der Waals surface area contributed by atoms with Gasteiger partial charge in [-0.2, -0.15) is 0 Å². The van der Waals surface area contributed by atoms with E-state index in [0.29, 0.717) is 16.9 Å². The standard InChI is InChI=1S/C6H7N5O/c7-3-1-2-4(10-3)5(12)11-6(8)9-2/h1,10H,7H2,(H3,8,9,11,12). The van der Waals surface area contributed by atoms with Gasteiger partial charge in [0, 0.05) is 6.07 Å². The number of hydrogen-bond acceptors (Lipinski definition) is 4. The maximum Gasteiger partial charge on any atom is 0.276 e. The van der Waals surface area contributed by atoms with Gasteiger partial charge in [0.1, 0.15) is 11.3 Å². The lowest BCUT2D eigenvalue weighted by atomic mass is 10.4. The molecule has 6 N–H and O–H groups in total. The van der Waals surface area contributed by atoms with Crippen molar-refractivity contribution in [2.24, 2.45) is 0 Å². The Kier molecular flexibility index (Phi) is 1.12. The van der Waals surface area contributed by atoms with Crippen LogP contribution in [0.3, 0.4) is 0 Å². The average molecular weight is 165 g/mol. The van der Waals surface area contributed by atoms with E-state index >= 15 is 0 Å². The number of nitrogens with one attached hydrogen (secondary N) is 2. The second-order valence-electron chi connectivity index (χ2n) is 2.44. The topological polar surface area (TPSA) is 114 Å². The highest BCUT2D eigenvalue weighted by Crippen LogP contribution is 2.09. The van der Waals surface area contributed by atoms with Crippen molar-refractivity contribution in [3.8, 4) is 0 Å². The molecule has 2 aromatic heterocycles. The Balaban J connectivity index is 2.98. The Morgan fingerprint density at radius 2 is 2.08 bits per heavy atom. The van der Waals surface area contributed by atoms with Crippen molar-refractivity contribution in [2.75, 3.05) is 11.5 Å². The Bertz CT molecular complexity index is 482. The summed E-state index contributed by atoms with van der Waals surface area (Å²) in [4.78, 5) is 20.0. The molecule has 0 saturated carbocycles. The van der Waals surface area contributed by atoms with Crippen LogP contribution in [0, 0.1) is 0 Å². The van der Waals surface area contributed by atoms with Gasteiger partial charge in [0.05, 0.1) is 5.52 Å². The van der Waals surface area contributed by atoms with Crippen molar-refractivity contribution >= 4 is 22.8 Å². The summed E-state index contributed by atoms with van der Waals surface area (Å²) < 4.78 is 0. The van der Waals surface area contributed by atoms with Crippen molar-refractivity contribution in [2.45, 2.75) is 0 Å². The third-order valence-corrected chi connectivity index (χ3v) is 1.53. The van der Waals surface area contributed by atoms with E-state index in [-0.39, 0.29) is 11.5 Å². The summed E-state index contributed by atoms with van der Waals surface area (Å²) in [6.07, 6.45) is 0. The van der Waals surface area contributed by atoms with E-state index in [2.05, 4.69) is 15.0 Å². The molecule has 6 nitrogen and oxygen atoms in total. The number of H-pyrrole nitrogens is 2. The minimum atomic E-state index is -0.311. The summed E-state index contributed by atoms with van der Waals surface area (Å²) in [6, 6.07) is 1.56. The lowest BCUT2D eigenvalue weighted by Crippen LogP contribution is -2.10. The fraction of sp³-hybridized carbons (Fsp3) is 0. The molecule has 2 aromatic rings. The fourth-order valence-corrected chi connectivity index (χ4v) is 1.06. The maximum absolute atomic E-state index is 11.2. The van der Waals surface area contributed by atoms with Gasteiger partial charge in [0.25, 0.3) is 5.56 Å². The van der Waals surface area contributed by atoms with Gasteiger partial charge in [-0.25, -0.2) is 4.98 Å². The molecule has 0 spiro atoms. The highest BCUT2D eigenvalue weighted by Gasteiger charge is 2.03. The van der Waals surface area contributed by atoms with Gasteiger partial charge in [0.15, 0.2) is 0 Å². The highest BCUT2D eigenvalue weighted by molar-refractivity contribution is 5.79. The number of nitrogen functional groups attached to an aromatic ring is 2. The first-order valence-electron chi connectivity index (χ1n) is 3.31. The van der Waals surface area contributed by atoms with Crippen molar-refractivity contribution in [3.63, 3.8) is 0 Å². The average Bonchev–Trinajstić information content (AvgIpc) is 2.29. The molecule has 0 saturated heterocycles. The molecule has 0 aliphatic heterocycles. The second kappa shape index (κ2) is 2.00. The molecule has 2 rings (SSSR count). The van der Waals surface area contributed by atoms with E-state index in [1.165, 1.54) is 0 Å². The molecule has 2 heterocycles. The zero-order valence-corrected chi connectivity index (χ0v) is 6.09. The predicted molar refractivity (Wildman–Crippen MR) is 45.5 cm³/mol. The van der Waals surface area contributed by atoms with Crippen LogP contribution in [-0.4, -0.2) is 15.0 Å². The summed E-state index contributed by atoms with van der Waals surface area (Å²) in [5.74, 6) is 0.486. The van der Waals surface area contributed by atoms with Crippen LogP contribution in [0.25, 0.3) is 11.0 Å². The first kappa shape index (κ1) is 6.71. The number of aromatic amines is 2. The van der Waals surface area contributed by atoms with Gasteiger partial charge in [-0.05, 0) is 0 Å². The molecule has 62 valence electrons. The van der Waals surface area contributed by atoms with E-state index < -0.39 is 0 Å². The second-order valence-corrected chi connectivity index (χ2v) is 2.44. The van der Waals surface area contributed by atoms with Gasteiger partial charge in [-0.3, -0.25) is 9.78 Å². The number of hydrogen-bond donors (Lipinski definition) is 4. The molecule has 0 aliphatic rings. The molecule has 0 aliphatic carbocycles. The van der Waals surface area contributed by atoms with Gasteiger partial charge >= 0.3 is 0 Å². The van der Waals surface area contributed by atoms with Crippen molar-refractivity contribution in [1.29, 1.82) is 0 Å². The smallest absolute Gasteiger partial charge is 0.276 e. The lowest BCUT2D eigenvalue weighted by Gasteiger charge is -1.90. The number of nitrogens with two attached hydrogens (primary N) is 2. The molecule has 0 amide bonds. The fourth-order valence-electron chi connectivity index (χ4n) is 1.06. The van der Waals surface area contributed by atoms with Crippen LogP contribution in [0.5, 0.6) is 0 Å². The summed E-state index contributed by atoms with van der Waals surface area (Å²) in [5.41, 5.74) is 11.3. The van der Waals surface area contributed by atoms with Crippen LogP contribution in [0.4, 0.5) is 11.8 Å². The zero-order chi connectivity index (χ0) is 8.72. The monoisotopic (exact) mass is 165 g/mol. The minimum Gasteiger partial charge on any atom is -0.385 e. The van der Waals surface area contributed by atoms with E-state index in [1.54, 1.807) is 6.07 Å². The third-order valence-electron chi connectivity index (χ3n) is 1.53. The largest absolute Gasteiger partial charge is 0.385 e. The van der Waals surface area contributed by atoms with Crippen LogP contribution < -0.4 is 17.0 Å². The third kappa shape index (κ3) is 0.815. The highest BCUT2D eigenvalue weighted by atomic mass is 16.1. The number of anilines is 2. The van der Waals surface area contributed by atoms with Gasteiger partial charge < -0.3 is 16.5 Å².